The summed E-state index contributed by atoms with van der Waals surface area (Å²) in [5.41, 5.74) is 3.95. The first-order chi connectivity index (χ1) is 9.49. The van der Waals surface area contributed by atoms with Crippen molar-refractivity contribution in [3.63, 3.8) is 0 Å². The van der Waals surface area contributed by atoms with Crippen molar-refractivity contribution in [3.05, 3.63) is 68.1 Å². The molecular formula is C17H19Br2N. The van der Waals surface area contributed by atoms with E-state index in [-0.39, 0.29) is 6.04 Å². The van der Waals surface area contributed by atoms with Crippen molar-refractivity contribution in [2.75, 3.05) is 0 Å². The lowest BCUT2D eigenvalue weighted by Gasteiger charge is -2.23. The minimum absolute atomic E-state index is 0.284. The Labute approximate surface area is 138 Å². The van der Waals surface area contributed by atoms with Crippen LogP contribution in [0.25, 0.3) is 0 Å². The number of hydrogen-bond acceptors (Lipinski definition) is 1. The van der Waals surface area contributed by atoms with Crippen molar-refractivity contribution in [2.24, 2.45) is 0 Å². The van der Waals surface area contributed by atoms with Gasteiger partial charge in [0.1, 0.15) is 0 Å². The number of benzene rings is 2. The summed E-state index contributed by atoms with van der Waals surface area (Å²) in [6, 6.07) is 15.5. The van der Waals surface area contributed by atoms with Crippen molar-refractivity contribution in [2.45, 2.75) is 32.9 Å². The van der Waals surface area contributed by atoms with E-state index < -0.39 is 0 Å². The molecule has 3 heteroatoms. The first-order valence-electron chi connectivity index (χ1n) is 6.75. The summed E-state index contributed by atoms with van der Waals surface area (Å²) in [6.45, 7) is 6.57. The molecule has 2 atom stereocenters. The standard InChI is InChI=1S/C17H19Br2N/c1-11-6-4-5-7-15(11)12(2)20-13(3)16-9-8-14(18)10-17(16)19/h4-10,12-13,20H,1-3H3/t12-,13?/m0/s1. The van der Waals surface area contributed by atoms with E-state index >= 15 is 0 Å². The molecule has 0 saturated carbocycles. The highest BCUT2D eigenvalue weighted by atomic mass is 79.9. The first kappa shape index (κ1) is 15.7. The molecule has 2 rings (SSSR count). The molecule has 0 aliphatic carbocycles. The highest BCUT2D eigenvalue weighted by molar-refractivity contribution is 9.11. The Morgan fingerprint density at radius 2 is 1.55 bits per heavy atom. The number of rotatable bonds is 4. The van der Waals surface area contributed by atoms with Gasteiger partial charge in [-0.05, 0) is 49.6 Å². The van der Waals surface area contributed by atoms with E-state index in [4.69, 9.17) is 0 Å². The molecule has 0 amide bonds. The third-order valence-electron chi connectivity index (χ3n) is 3.58. The molecule has 1 nitrogen and oxygen atoms in total. The van der Waals surface area contributed by atoms with Crippen LogP contribution >= 0.6 is 31.9 Å². The average molecular weight is 397 g/mol. The zero-order valence-corrected chi connectivity index (χ0v) is 15.1. The average Bonchev–Trinajstić information content (AvgIpc) is 2.38. The van der Waals surface area contributed by atoms with Gasteiger partial charge in [0.2, 0.25) is 0 Å². The van der Waals surface area contributed by atoms with E-state index in [1.54, 1.807) is 0 Å². The topological polar surface area (TPSA) is 12.0 Å². The Morgan fingerprint density at radius 3 is 2.20 bits per heavy atom. The van der Waals surface area contributed by atoms with Gasteiger partial charge in [-0.25, -0.2) is 0 Å². The quantitative estimate of drug-likeness (QED) is 0.674. The number of hydrogen-bond donors (Lipinski definition) is 1. The molecule has 0 bridgehead atoms. The molecule has 1 N–H and O–H groups in total. The summed E-state index contributed by atoms with van der Waals surface area (Å²) in [5, 5.41) is 3.67. The molecule has 0 spiro atoms. The highest BCUT2D eigenvalue weighted by Gasteiger charge is 2.14. The fourth-order valence-electron chi connectivity index (χ4n) is 2.48. The van der Waals surface area contributed by atoms with Crippen LogP contribution in [0.2, 0.25) is 0 Å². The van der Waals surface area contributed by atoms with E-state index in [1.807, 2.05) is 0 Å². The second-order valence-electron chi connectivity index (χ2n) is 5.13. The van der Waals surface area contributed by atoms with Crippen LogP contribution in [-0.4, -0.2) is 0 Å². The molecule has 0 aliphatic heterocycles. The lowest BCUT2D eigenvalue weighted by Crippen LogP contribution is -2.23. The van der Waals surface area contributed by atoms with Crippen LogP contribution in [0, 0.1) is 6.92 Å². The summed E-state index contributed by atoms with van der Waals surface area (Å²) in [6.07, 6.45) is 0. The summed E-state index contributed by atoms with van der Waals surface area (Å²) in [5.74, 6) is 0. The number of halogens is 2. The summed E-state index contributed by atoms with van der Waals surface area (Å²) < 4.78 is 2.22. The zero-order chi connectivity index (χ0) is 14.7. The van der Waals surface area contributed by atoms with Crippen molar-refractivity contribution in [1.82, 2.24) is 5.32 Å². The van der Waals surface area contributed by atoms with Gasteiger partial charge in [-0.2, -0.15) is 0 Å². The highest BCUT2D eigenvalue weighted by Crippen LogP contribution is 2.29. The van der Waals surface area contributed by atoms with E-state index in [1.165, 1.54) is 16.7 Å². The molecule has 1 unspecified atom stereocenters. The van der Waals surface area contributed by atoms with E-state index in [0.29, 0.717) is 6.04 Å². The molecule has 0 fully saturated rings. The largest absolute Gasteiger partial charge is 0.304 e. The monoisotopic (exact) mass is 395 g/mol. The lowest BCUT2D eigenvalue weighted by molar-refractivity contribution is 0.492. The van der Waals surface area contributed by atoms with Crippen molar-refractivity contribution in [1.29, 1.82) is 0 Å². The molecule has 2 aromatic carbocycles. The first-order valence-corrected chi connectivity index (χ1v) is 8.34. The van der Waals surface area contributed by atoms with E-state index in [9.17, 15) is 0 Å². The second-order valence-corrected chi connectivity index (χ2v) is 6.90. The SMILES string of the molecule is Cc1ccccc1[C@H](C)NC(C)c1ccc(Br)cc1Br. The smallest absolute Gasteiger partial charge is 0.0308 e. The van der Waals surface area contributed by atoms with Gasteiger partial charge in [-0.1, -0.05) is 62.2 Å². The minimum atomic E-state index is 0.284. The van der Waals surface area contributed by atoms with Gasteiger partial charge < -0.3 is 5.32 Å². The third-order valence-corrected chi connectivity index (χ3v) is 4.76. The van der Waals surface area contributed by atoms with Crippen LogP contribution in [0.1, 0.15) is 42.6 Å². The molecule has 0 aliphatic rings. The summed E-state index contributed by atoms with van der Waals surface area (Å²) in [4.78, 5) is 0. The maximum absolute atomic E-state index is 3.67. The number of nitrogens with one attached hydrogen (secondary N) is 1. The van der Waals surface area contributed by atoms with Gasteiger partial charge in [0.15, 0.2) is 0 Å². The lowest BCUT2D eigenvalue weighted by atomic mass is 10.0. The van der Waals surface area contributed by atoms with Gasteiger partial charge in [0.25, 0.3) is 0 Å². The van der Waals surface area contributed by atoms with Gasteiger partial charge in [0, 0.05) is 21.0 Å². The predicted octanol–water partition coefficient (Wildman–Crippen LogP) is 5.93. The molecule has 106 valence electrons. The Hall–Kier alpha value is -0.640. The molecule has 0 radical (unpaired) electrons. The summed E-state index contributed by atoms with van der Waals surface area (Å²) >= 11 is 7.13. The zero-order valence-electron chi connectivity index (χ0n) is 12.0. The van der Waals surface area contributed by atoms with Crippen molar-refractivity contribution < 1.29 is 0 Å². The second kappa shape index (κ2) is 6.88. The predicted molar refractivity (Wildman–Crippen MR) is 93.0 cm³/mol. The maximum atomic E-state index is 3.67. The molecular weight excluding hydrogens is 378 g/mol. The van der Waals surface area contributed by atoms with Crippen molar-refractivity contribution >= 4 is 31.9 Å². The van der Waals surface area contributed by atoms with E-state index in [2.05, 4.69) is 100 Å². The van der Waals surface area contributed by atoms with Gasteiger partial charge >= 0.3 is 0 Å². The normalized spacial score (nSPS) is 14.1. The fraction of sp³-hybridized carbons (Fsp3) is 0.294. The molecule has 0 heterocycles. The van der Waals surface area contributed by atoms with Crippen molar-refractivity contribution in [3.8, 4) is 0 Å². The molecule has 20 heavy (non-hydrogen) atoms. The Kier molecular flexibility index (Phi) is 5.42. The Morgan fingerprint density at radius 1 is 0.900 bits per heavy atom. The third kappa shape index (κ3) is 3.72. The van der Waals surface area contributed by atoms with Crippen LogP contribution in [0.5, 0.6) is 0 Å². The number of aryl methyl sites for hydroxylation is 1. The fourth-order valence-corrected chi connectivity index (χ4v) is 3.87. The van der Waals surface area contributed by atoms with Crippen LogP contribution < -0.4 is 5.32 Å². The van der Waals surface area contributed by atoms with Crippen LogP contribution in [0.3, 0.4) is 0 Å². The Balaban J connectivity index is 2.15. The van der Waals surface area contributed by atoms with Gasteiger partial charge in [-0.3, -0.25) is 0 Å². The molecule has 2 aromatic rings. The minimum Gasteiger partial charge on any atom is -0.304 e. The van der Waals surface area contributed by atoms with Crippen LogP contribution in [0.15, 0.2) is 51.4 Å². The molecule has 0 aromatic heterocycles. The summed E-state index contributed by atoms with van der Waals surface area (Å²) in [7, 11) is 0. The van der Waals surface area contributed by atoms with Gasteiger partial charge in [0.05, 0.1) is 0 Å². The Bertz CT molecular complexity index is 595. The maximum Gasteiger partial charge on any atom is 0.0308 e. The van der Waals surface area contributed by atoms with Crippen LogP contribution in [-0.2, 0) is 0 Å². The van der Waals surface area contributed by atoms with Gasteiger partial charge in [-0.15, -0.1) is 0 Å². The van der Waals surface area contributed by atoms with Crippen LogP contribution in [0.4, 0.5) is 0 Å². The molecule has 0 saturated heterocycles. The van der Waals surface area contributed by atoms with E-state index in [0.717, 1.165) is 8.95 Å².